The highest BCUT2D eigenvalue weighted by Crippen LogP contribution is 2.10. The van der Waals surface area contributed by atoms with Crippen molar-refractivity contribution in [3.63, 3.8) is 0 Å². The van der Waals surface area contributed by atoms with Crippen LogP contribution in [-0.2, 0) is 9.53 Å². The van der Waals surface area contributed by atoms with Crippen molar-refractivity contribution in [3.05, 3.63) is 0 Å². The van der Waals surface area contributed by atoms with Crippen LogP contribution in [0, 0.1) is 0 Å². The van der Waals surface area contributed by atoms with Crippen molar-refractivity contribution in [2.75, 3.05) is 26.2 Å². The Morgan fingerprint density at radius 3 is 2.33 bits per heavy atom. The molecule has 15 heavy (non-hydrogen) atoms. The summed E-state index contributed by atoms with van der Waals surface area (Å²) in [5.74, 6) is -0.0560. The molecule has 0 N–H and O–H groups in total. The maximum atomic E-state index is 11.2. The van der Waals surface area contributed by atoms with Crippen molar-refractivity contribution in [2.45, 2.75) is 45.4 Å². The summed E-state index contributed by atoms with van der Waals surface area (Å²) in [5.41, 5.74) is 0. The van der Waals surface area contributed by atoms with Gasteiger partial charge in [-0.25, -0.2) is 0 Å². The third kappa shape index (κ3) is 5.78. The molecule has 1 aliphatic heterocycles. The monoisotopic (exact) mass is 213 g/mol. The highest BCUT2D eigenvalue weighted by atomic mass is 16.5. The van der Waals surface area contributed by atoms with Crippen molar-refractivity contribution >= 4 is 5.97 Å². The predicted octanol–water partition coefficient (Wildman–Crippen LogP) is 2.21. The second-order valence-corrected chi connectivity index (χ2v) is 4.16. The molecule has 0 spiro atoms. The summed E-state index contributed by atoms with van der Waals surface area (Å²) in [6, 6.07) is 0. The molecule has 0 atom stereocenters. The van der Waals surface area contributed by atoms with E-state index in [0.29, 0.717) is 13.0 Å². The van der Waals surface area contributed by atoms with Gasteiger partial charge in [0.05, 0.1) is 13.0 Å². The van der Waals surface area contributed by atoms with E-state index >= 15 is 0 Å². The Labute approximate surface area is 92.8 Å². The average Bonchev–Trinajstić information content (AvgIpc) is 2.16. The van der Waals surface area contributed by atoms with Gasteiger partial charge in [-0.3, -0.25) is 4.79 Å². The summed E-state index contributed by atoms with van der Waals surface area (Å²) in [6.45, 7) is 5.53. The summed E-state index contributed by atoms with van der Waals surface area (Å²) in [5, 5.41) is 0. The van der Waals surface area contributed by atoms with Crippen molar-refractivity contribution in [3.8, 4) is 0 Å². The number of hydrogen-bond donors (Lipinski definition) is 0. The summed E-state index contributed by atoms with van der Waals surface area (Å²) >= 11 is 0. The lowest BCUT2D eigenvalue weighted by Gasteiger charge is -2.23. The van der Waals surface area contributed by atoms with E-state index in [1.807, 2.05) is 6.92 Å². The molecule has 0 saturated carbocycles. The van der Waals surface area contributed by atoms with E-state index in [1.54, 1.807) is 0 Å². The summed E-state index contributed by atoms with van der Waals surface area (Å²) < 4.78 is 4.92. The Morgan fingerprint density at radius 2 is 1.73 bits per heavy atom. The Bertz CT molecular complexity index is 174. The van der Waals surface area contributed by atoms with Crippen LogP contribution in [0.25, 0.3) is 0 Å². The molecule has 3 heteroatoms. The van der Waals surface area contributed by atoms with E-state index in [0.717, 1.165) is 19.6 Å². The van der Waals surface area contributed by atoms with Crippen LogP contribution in [0.5, 0.6) is 0 Å². The molecular weight excluding hydrogens is 190 g/mol. The molecule has 0 aromatic carbocycles. The molecule has 0 unspecified atom stereocenters. The minimum Gasteiger partial charge on any atom is -0.466 e. The van der Waals surface area contributed by atoms with Crippen molar-refractivity contribution in [2.24, 2.45) is 0 Å². The van der Waals surface area contributed by atoms with Crippen molar-refractivity contribution in [1.82, 2.24) is 4.90 Å². The van der Waals surface area contributed by atoms with Gasteiger partial charge in [0.1, 0.15) is 0 Å². The van der Waals surface area contributed by atoms with Crippen LogP contribution in [0.2, 0.25) is 0 Å². The normalized spacial score (nSPS) is 19.3. The van der Waals surface area contributed by atoms with Crippen LogP contribution in [0.1, 0.15) is 45.4 Å². The van der Waals surface area contributed by atoms with Crippen LogP contribution in [0.15, 0.2) is 0 Å². The maximum Gasteiger partial charge on any atom is 0.307 e. The Morgan fingerprint density at radius 1 is 1.13 bits per heavy atom. The summed E-state index contributed by atoms with van der Waals surface area (Å²) in [4.78, 5) is 13.6. The van der Waals surface area contributed by atoms with Gasteiger partial charge in [-0.15, -0.1) is 0 Å². The molecule has 1 rings (SSSR count). The Balaban J connectivity index is 2.14. The van der Waals surface area contributed by atoms with E-state index < -0.39 is 0 Å². The highest BCUT2D eigenvalue weighted by molar-refractivity contribution is 5.69. The first-order valence-electron chi connectivity index (χ1n) is 6.21. The van der Waals surface area contributed by atoms with Gasteiger partial charge in [-0.05, 0) is 32.9 Å². The standard InChI is InChI=1S/C12H23NO2/c1-2-15-12(14)8-11-13-9-6-4-3-5-7-10-13/h2-11H2,1H3. The maximum absolute atomic E-state index is 11.2. The summed E-state index contributed by atoms with van der Waals surface area (Å²) in [7, 11) is 0. The Hall–Kier alpha value is -0.570. The quantitative estimate of drug-likeness (QED) is 0.671. The largest absolute Gasteiger partial charge is 0.466 e. The number of esters is 1. The number of ether oxygens (including phenoxy) is 1. The highest BCUT2D eigenvalue weighted by Gasteiger charge is 2.10. The molecule has 0 aromatic heterocycles. The predicted molar refractivity (Wildman–Crippen MR) is 60.8 cm³/mol. The molecule has 0 aliphatic carbocycles. The lowest BCUT2D eigenvalue weighted by Crippen LogP contribution is -2.30. The lowest BCUT2D eigenvalue weighted by atomic mass is 10.1. The van der Waals surface area contributed by atoms with E-state index in [1.165, 1.54) is 32.1 Å². The van der Waals surface area contributed by atoms with E-state index in [4.69, 9.17) is 4.74 Å². The fourth-order valence-corrected chi connectivity index (χ4v) is 2.02. The molecule has 1 saturated heterocycles. The second-order valence-electron chi connectivity index (χ2n) is 4.16. The zero-order valence-corrected chi connectivity index (χ0v) is 9.83. The zero-order valence-electron chi connectivity index (χ0n) is 9.83. The molecule has 0 bridgehead atoms. The first kappa shape index (κ1) is 12.5. The second kappa shape index (κ2) is 7.69. The number of carbonyl (C=O) groups excluding carboxylic acids is 1. The van der Waals surface area contributed by atoms with Crippen LogP contribution >= 0.6 is 0 Å². The molecule has 0 radical (unpaired) electrons. The van der Waals surface area contributed by atoms with Gasteiger partial charge in [0.2, 0.25) is 0 Å². The molecule has 1 heterocycles. The lowest BCUT2D eigenvalue weighted by molar-refractivity contribution is -0.143. The fourth-order valence-electron chi connectivity index (χ4n) is 2.02. The van der Waals surface area contributed by atoms with Gasteiger partial charge < -0.3 is 9.64 Å². The third-order valence-corrected chi connectivity index (χ3v) is 2.89. The molecular formula is C12H23NO2. The zero-order chi connectivity index (χ0) is 10.9. The molecule has 1 aliphatic rings. The van der Waals surface area contributed by atoms with Crippen molar-refractivity contribution < 1.29 is 9.53 Å². The average molecular weight is 213 g/mol. The minimum atomic E-state index is -0.0560. The van der Waals surface area contributed by atoms with Gasteiger partial charge in [0.25, 0.3) is 0 Å². The van der Waals surface area contributed by atoms with Gasteiger partial charge in [0, 0.05) is 6.54 Å². The number of rotatable bonds is 4. The van der Waals surface area contributed by atoms with Crippen LogP contribution in [-0.4, -0.2) is 37.1 Å². The molecule has 88 valence electrons. The van der Waals surface area contributed by atoms with Gasteiger partial charge in [0.15, 0.2) is 0 Å². The van der Waals surface area contributed by atoms with Gasteiger partial charge in [-0.2, -0.15) is 0 Å². The van der Waals surface area contributed by atoms with Gasteiger partial charge >= 0.3 is 5.97 Å². The van der Waals surface area contributed by atoms with Crippen LogP contribution in [0.4, 0.5) is 0 Å². The first-order valence-corrected chi connectivity index (χ1v) is 6.21. The molecule has 0 aromatic rings. The molecule has 3 nitrogen and oxygen atoms in total. The first-order chi connectivity index (χ1) is 7.33. The SMILES string of the molecule is CCOC(=O)CCN1CCCCCCC1. The van der Waals surface area contributed by atoms with E-state index in [-0.39, 0.29) is 5.97 Å². The van der Waals surface area contributed by atoms with E-state index in [2.05, 4.69) is 4.90 Å². The smallest absolute Gasteiger partial charge is 0.307 e. The summed E-state index contributed by atoms with van der Waals surface area (Å²) in [6.07, 6.45) is 7.18. The topological polar surface area (TPSA) is 29.5 Å². The third-order valence-electron chi connectivity index (χ3n) is 2.89. The molecule has 0 amide bonds. The molecule has 1 fully saturated rings. The minimum absolute atomic E-state index is 0.0560. The van der Waals surface area contributed by atoms with Crippen molar-refractivity contribution in [1.29, 1.82) is 0 Å². The van der Waals surface area contributed by atoms with Crippen LogP contribution < -0.4 is 0 Å². The van der Waals surface area contributed by atoms with Gasteiger partial charge in [-0.1, -0.05) is 19.3 Å². The fraction of sp³-hybridized carbons (Fsp3) is 0.917. The number of carbonyl (C=O) groups is 1. The number of likely N-dealkylation sites (tertiary alicyclic amines) is 1. The number of hydrogen-bond acceptors (Lipinski definition) is 3. The number of nitrogens with zero attached hydrogens (tertiary/aromatic N) is 1. The Kier molecular flexibility index (Phi) is 6.41. The van der Waals surface area contributed by atoms with Crippen LogP contribution in [0.3, 0.4) is 0 Å². The van der Waals surface area contributed by atoms with E-state index in [9.17, 15) is 4.79 Å².